The minimum Gasteiger partial charge on any atom is -0.351 e. The molecule has 0 aliphatic rings. The first kappa shape index (κ1) is 16.8. The number of aromatic nitrogens is 1. The molecular formula is C18H18N2O2S2. The fraction of sp³-hybridized carbons (Fsp3) is 0.222. The van der Waals surface area contributed by atoms with Crippen molar-refractivity contribution in [3.8, 4) is 0 Å². The predicted molar refractivity (Wildman–Crippen MR) is 99.1 cm³/mol. The van der Waals surface area contributed by atoms with E-state index in [1.54, 1.807) is 41.9 Å². The van der Waals surface area contributed by atoms with Gasteiger partial charge in [-0.2, -0.15) is 0 Å². The van der Waals surface area contributed by atoms with Crippen LogP contribution in [0.1, 0.15) is 28.2 Å². The van der Waals surface area contributed by atoms with Crippen LogP contribution in [0.4, 0.5) is 0 Å². The largest absolute Gasteiger partial charge is 0.351 e. The molecular weight excluding hydrogens is 340 g/mol. The SMILES string of the molecule is CC(CNC(=O)c1ccc(S(C)=O)cc1)c1nc2ccccc2s1. The first-order chi connectivity index (χ1) is 11.5. The van der Waals surface area contributed by atoms with Gasteiger partial charge in [0.2, 0.25) is 0 Å². The summed E-state index contributed by atoms with van der Waals surface area (Å²) in [4.78, 5) is 17.6. The van der Waals surface area contributed by atoms with Crippen molar-refractivity contribution in [2.24, 2.45) is 0 Å². The number of para-hydroxylation sites is 1. The van der Waals surface area contributed by atoms with Crippen LogP contribution in [0.5, 0.6) is 0 Å². The Bertz CT molecular complexity index is 854. The van der Waals surface area contributed by atoms with Crippen molar-refractivity contribution in [1.82, 2.24) is 10.3 Å². The first-order valence-electron chi connectivity index (χ1n) is 7.62. The number of nitrogens with zero attached hydrogens (tertiary/aromatic N) is 1. The molecule has 1 heterocycles. The number of thiazole rings is 1. The van der Waals surface area contributed by atoms with Gasteiger partial charge in [0, 0.05) is 40.0 Å². The second-order valence-electron chi connectivity index (χ2n) is 5.61. The molecule has 24 heavy (non-hydrogen) atoms. The van der Waals surface area contributed by atoms with Gasteiger partial charge in [-0.3, -0.25) is 9.00 Å². The molecule has 1 amide bonds. The fourth-order valence-corrected chi connectivity index (χ4v) is 3.87. The van der Waals surface area contributed by atoms with E-state index >= 15 is 0 Å². The van der Waals surface area contributed by atoms with Crippen molar-refractivity contribution in [3.63, 3.8) is 0 Å². The Kier molecular flexibility index (Phi) is 5.06. The van der Waals surface area contributed by atoms with Crippen LogP contribution in [0.15, 0.2) is 53.4 Å². The van der Waals surface area contributed by atoms with Gasteiger partial charge in [0.1, 0.15) is 0 Å². The second kappa shape index (κ2) is 7.23. The molecule has 1 N–H and O–H groups in total. The molecule has 2 unspecified atom stereocenters. The fourth-order valence-electron chi connectivity index (χ4n) is 2.33. The summed E-state index contributed by atoms with van der Waals surface area (Å²) >= 11 is 1.66. The summed E-state index contributed by atoms with van der Waals surface area (Å²) in [6.45, 7) is 2.58. The van der Waals surface area contributed by atoms with Gasteiger partial charge in [0.15, 0.2) is 0 Å². The molecule has 4 nitrogen and oxygen atoms in total. The molecule has 0 saturated carbocycles. The lowest BCUT2D eigenvalue weighted by Gasteiger charge is -2.10. The van der Waals surface area contributed by atoms with Gasteiger partial charge < -0.3 is 5.32 Å². The van der Waals surface area contributed by atoms with E-state index in [1.807, 2.05) is 18.2 Å². The molecule has 0 bridgehead atoms. The smallest absolute Gasteiger partial charge is 0.251 e. The Hall–Kier alpha value is -2.05. The van der Waals surface area contributed by atoms with Crippen LogP contribution in [0, 0.1) is 0 Å². The highest BCUT2D eigenvalue weighted by molar-refractivity contribution is 7.84. The molecule has 6 heteroatoms. The van der Waals surface area contributed by atoms with E-state index in [4.69, 9.17) is 0 Å². The van der Waals surface area contributed by atoms with Crippen molar-refractivity contribution in [1.29, 1.82) is 0 Å². The maximum Gasteiger partial charge on any atom is 0.251 e. The van der Waals surface area contributed by atoms with Crippen LogP contribution in [-0.2, 0) is 10.8 Å². The second-order valence-corrected chi connectivity index (χ2v) is 8.05. The number of fused-ring (bicyclic) bond motifs is 1. The number of carbonyl (C=O) groups excluding carboxylic acids is 1. The maximum atomic E-state index is 12.2. The predicted octanol–water partition coefficient (Wildman–Crippen LogP) is 3.57. The quantitative estimate of drug-likeness (QED) is 0.758. The summed E-state index contributed by atoms with van der Waals surface area (Å²) in [7, 11) is -1.03. The van der Waals surface area contributed by atoms with Gasteiger partial charge >= 0.3 is 0 Å². The number of carbonyl (C=O) groups is 1. The molecule has 0 spiro atoms. The van der Waals surface area contributed by atoms with Gasteiger partial charge in [0.05, 0.1) is 15.2 Å². The summed E-state index contributed by atoms with van der Waals surface area (Å²) in [5.74, 6) is 0.0187. The van der Waals surface area contributed by atoms with Crippen LogP contribution in [0.2, 0.25) is 0 Å². The number of benzene rings is 2. The number of hydrogen-bond acceptors (Lipinski definition) is 4. The third-order valence-corrected chi connectivity index (χ3v) is 5.95. The molecule has 0 saturated heterocycles. The van der Waals surface area contributed by atoms with E-state index in [-0.39, 0.29) is 11.8 Å². The number of amides is 1. The van der Waals surface area contributed by atoms with Crippen molar-refractivity contribution < 1.29 is 9.00 Å². The summed E-state index contributed by atoms with van der Waals surface area (Å²) < 4.78 is 12.5. The Morgan fingerprint density at radius 3 is 2.58 bits per heavy atom. The lowest BCUT2D eigenvalue weighted by atomic mass is 10.1. The number of rotatable bonds is 5. The average Bonchev–Trinajstić information content (AvgIpc) is 3.03. The molecule has 0 aliphatic heterocycles. The van der Waals surface area contributed by atoms with Crippen molar-refractivity contribution >= 4 is 38.3 Å². The van der Waals surface area contributed by atoms with E-state index in [0.29, 0.717) is 12.1 Å². The molecule has 1 aromatic heterocycles. The highest BCUT2D eigenvalue weighted by atomic mass is 32.2. The third-order valence-electron chi connectivity index (χ3n) is 3.75. The molecule has 2 atom stereocenters. The Morgan fingerprint density at radius 2 is 1.92 bits per heavy atom. The number of nitrogens with one attached hydrogen (secondary N) is 1. The minimum absolute atomic E-state index is 0.128. The lowest BCUT2D eigenvalue weighted by Crippen LogP contribution is -2.27. The highest BCUT2D eigenvalue weighted by Crippen LogP contribution is 2.26. The molecule has 3 aromatic rings. The Labute approximate surface area is 147 Å². The van der Waals surface area contributed by atoms with E-state index in [2.05, 4.69) is 23.3 Å². The molecule has 0 aliphatic carbocycles. The molecule has 2 aromatic carbocycles. The maximum absolute atomic E-state index is 12.2. The van der Waals surface area contributed by atoms with Gasteiger partial charge in [-0.05, 0) is 36.4 Å². The molecule has 3 rings (SSSR count). The standard InChI is InChI=1S/C18H18N2O2S2/c1-12(18-20-15-5-3-4-6-16(15)23-18)11-19-17(21)13-7-9-14(10-8-13)24(2)22/h3-10,12H,11H2,1-2H3,(H,19,21). The Morgan fingerprint density at radius 1 is 1.21 bits per heavy atom. The van der Waals surface area contributed by atoms with Crippen LogP contribution in [0.3, 0.4) is 0 Å². The molecule has 0 radical (unpaired) electrons. The van der Waals surface area contributed by atoms with Crippen LogP contribution in [-0.4, -0.2) is 27.9 Å². The first-order valence-corrected chi connectivity index (χ1v) is 9.99. The zero-order valence-corrected chi connectivity index (χ0v) is 15.1. The zero-order chi connectivity index (χ0) is 17.1. The lowest BCUT2D eigenvalue weighted by molar-refractivity contribution is 0.0951. The monoisotopic (exact) mass is 358 g/mol. The van der Waals surface area contributed by atoms with Crippen LogP contribution >= 0.6 is 11.3 Å². The normalized spacial score (nSPS) is 13.6. The van der Waals surface area contributed by atoms with Gasteiger partial charge in [0.25, 0.3) is 5.91 Å². The topological polar surface area (TPSA) is 59.1 Å². The molecule has 0 fully saturated rings. The van der Waals surface area contributed by atoms with Gasteiger partial charge in [-0.25, -0.2) is 4.98 Å². The van der Waals surface area contributed by atoms with Gasteiger partial charge in [-0.1, -0.05) is 19.1 Å². The van der Waals surface area contributed by atoms with Crippen LogP contribution < -0.4 is 5.32 Å². The Balaban J connectivity index is 1.63. The van der Waals surface area contributed by atoms with Crippen molar-refractivity contribution in [2.45, 2.75) is 17.7 Å². The van der Waals surface area contributed by atoms with Gasteiger partial charge in [-0.15, -0.1) is 11.3 Å². The summed E-state index contributed by atoms with van der Waals surface area (Å²) in [6.07, 6.45) is 1.62. The zero-order valence-electron chi connectivity index (χ0n) is 13.5. The van der Waals surface area contributed by atoms with Crippen molar-refractivity contribution in [3.05, 3.63) is 59.1 Å². The molecule has 124 valence electrons. The van der Waals surface area contributed by atoms with E-state index in [1.165, 1.54) is 0 Å². The minimum atomic E-state index is -1.03. The average molecular weight is 358 g/mol. The summed E-state index contributed by atoms with van der Waals surface area (Å²) in [6, 6.07) is 14.9. The van der Waals surface area contributed by atoms with E-state index in [0.717, 1.165) is 20.1 Å². The van der Waals surface area contributed by atoms with E-state index in [9.17, 15) is 9.00 Å². The summed E-state index contributed by atoms with van der Waals surface area (Å²) in [5.41, 5.74) is 1.57. The van der Waals surface area contributed by atoms with E-state index < -0.39 is 10.8 Å². The van der Waals surface area contributed by atoms with Crippen molar-refractivity contribution in [2.75, 3.05) is 12.8 Å². The summed E-state index contributed by atoms with van der Waals surface area (Å²) in [5, 5.41) is 3.96. The third kappa shape index (κ3) is 3.71. The van der Waals surface area contributed by atoms with Crippen LogP contribution in [0.25, 0.3) is 10.2 Å². The number of hydrogen-bond donors (Lipinski definition) is 1. The highest BCUT2D eigenvalue weighted by Gasteiger charge is 2.13.